The van der Waals surface area contributed by atoms with Crippen molar-refractivity contribution >= 4 is 12.2 Å². The van der Waals surface area contributed by atoms with E-state index in [9.17, 15) is 0 Å². The predicted molar refractivity (Wildman–Crippen MR) is 65.6 cm³/mol. The summed E-state index contributed by atoms with van der Waals surface area (Å²) in [5, 5.41) is 0. The molecule has 0 saturated heterocycles. The number of aromatic nitrogens is 2. The molecule has 0 aliphatic carbocycles. The lowest BCUT2D eigenvalue weighted by molar-refractivity contribution is 0.389. The second kappa shape index (κ2) is 4.86. The lowest BCUT2D eigenvalue weighted by atomic mass is 10.0. The fourth-order valence-corrected chi connectivity index (χ4v) is 2.21. The van der Waals surface area contributed by atoms with Crippen molar-refractivity contribution in [2.24, 2.45) is 0 Å². The Hall–Kier alpha value is -0.740. The van der Waals surface area contributed by atoms with Crippen molar-refractivity contribution in [1.82, 2.24) is 14.9 Å². The molecule has 15 heavy (non-hydrogen) atoms. The summed E-state index contributed by atoms with van der Waals surface area (Å²) < 4.78 is 0.734. The van der Waals surface area contributed by atoms with E-state index in [0.29, 0.717) is 5.92 Å². The third-order valence-electron chi connectivity index (χ3n) is 2.25. The van der Waals surface area contributed by atoms with Crippen LogP contribution in [0.4, 0.5) is 0 Å². The minimum atomic E-state index is 0.426. The summed E-state index contributed by atoms with van der Waals surface area (Å²) >= 11 is 5.31. The van der Waals surface area contributed by atoms with E-state index >= 15 is 0 Å². The van der Waals surface area contributed by atoms with Crippen LogP contribution >= 0.6 is 12.2 Å². The average Bonchev–Trinajstić information content (AvgIpc) is 1.99. The van der Waals surface area contributed by atoms with Gasteiger partial charge in [-0.3, -0.25) is 0 Å². The zero-order chi connectivity index (χ0) is 11.6. The van der Waals surface area contributed by atoms with Crippen LogP contribution in [0.15, 0.2) is 0 Å². The van der Waals surface area contributed by atoms with Crippen LogP contribution in [0.1, 0.15) is 36.8 Å². The van der Waals surface area contributed by atoms with E-state index in [1.165, 1.54) is 0 Å². The van der Waals surface area contributed by atoms with Gasteiger partial charge in [-0.2, -0.15) is 0 Å². The zero-order valence-corrected chi connectivity index (χ0v) is 10.9. The molecular weight excluding hydrogens is 206 g/mol. The number of aromatic amines is 1. The van der Waals surface area contributed by atoms with Gasteiger partial charge in [0, 0.05) is 11.3 Å². The van der Waals surface area contributed by atoms with Gasteiger partial charge in [0.25, 0.3) is 0 Å². The standard InChI is InChI=1S/C11H19N3S/c1-7(2)10-8(3)12-9(6-14(4)5)13-11(10)15/h7H,6H2,1-5H3,(H,12,13,15). The first-order valence-electron chi connectivity index (χ1n) is 5.16. The summed E-state index contributed by atoms with van der Waals surface area (Å²) in [6, 6.07) is 0. The van der Waals surface area contributed by atoms with E-state index in [2.05, 4.69) is 35.6 Å². The average molecular weight is 225 g/mol. The van der Waals surface area contributed by atoms with Crippen molar-refractivity contribution in [3.8, 4) is 0 Å². The van der Waals surface area contributed by atoms with Crippen LogP contribution in [0.5, 0.6) is 0 Å². The van der Waals surface area contributed by atoms with E-state index in [1.807, 2.05) is 14.1 Å². The zero-order valence-electron chi connectivity index (χ0n) is 10.1. The topological polar surface area (TPSA) is 31.9 Å². The molecule has 1 N–H and O–H groups in total. The van der Waals surface area contributed by atoms with Crippen LogP contribution in [0, 0.1) is 11.6 Å². The summed E-state index contributed by atoms with van der Waals surface area (Å²) in [6.45, 7) is 7.13. The predicted octanol–water partition coefficient (Wildman–Crippen LogP) is 2.63. The van der Waals surface area contributed by atoms with Crippen LogP contribution in [0.2, 0.25) is 0 Å². The van der Waals surface area contributed by atoms with Gasteiger partial charge in [0.15, 0.2) is 0 Å². The summed E-state index contributed by atoms with van der Waals surface area (Å²) in [4.78, 5) is 9.79. The lowest BCUT2D eigenvalue weighted by Gasteiger charge is -2.13. The van der Waals surface area contributed by atoms with Gasteiger partial charge in [0.05, 0.1) is 6.54 Å². The maximum atomic E-state index is 5.31. The minimum Gasteiger partial charge on any atom is -0.346 e. The Labute approximate surface area is 96.5 Å². The number of rotatable bonds is 3. The molecule has 1 heterocycles. The van der Waals surface area contributed by atoms with E-state index in [4.69, 9.17) is 12.2 Å². The fourth-order valence-electron chi connectivity index (χ4n) is 1.71. The molecule has 3 nitrogen and oxygen atoms in total. The molecule has 0 aromatic carbocycles. The molecule has 0 aliphatic heterocycles. The van der Waals surface area contributed by atoms with Crippen LogP contribution in [0.3, 0.4) is 0 Å². The van der Waals surface area contributed by atoms with Gasteiger partial charge in [0.1, 0.15) is 10.5 Å². The minimum absolute atomic E-state index is 0.426. The highest BCUT2D eigenvalue weighted by molar-refractivity contribution is 7.71. The molecule has 4 heteroatoms. The highest BCUT2D eigenvalue weighted by Crippen LogP contribution is 2.18. The highest BCUT2D eigenvalue weighted by atomic mass is 32.1. The molecule has 0 spiro atoms. The molecule has 0 bridgehead atoms. The molecule has 84 valence electrons. The molecule has 1 aromatic rings. The number of H-pyrrole nitrogens is 1. The molecule has 0 saturated carbocycles. The van der Waals surface area contributed by atoms with Gasteiger partial charge in [-0.05, 0) is 26.9 Å². The molecule has 0 unspecified atom stereocenters. The number of hydrogen-bond acceptors (Lipinski definition) is 3. The fraction of sp³-hybridized carbons (Fsp3) is 0.636. The van der Waals surface area contributed by atoms with Crippen molar-refractivity contribution < 1.29 is 0 Å². The normalized spacial score (nSPS) is 11.4. The summed E-state index contributed by atoms with van der Waals surface area (Å²) in [6.07, 6.45) is 0. The van der Waals surface area contributed by atoms with Gasteiger partial charge in [-0.15, -0.1) is 0 Å². The number of hydrogen-bond donors (Lipinski definition) is 1. The van der Waals surface area contributed by atoms with Gasteiger partial charge in [-0.1, -0.05) is 26.1 Å². The van der Waals surface area contributed by atoms with Crippen LogP contribution in [-0.2, 0) is 6.54 Å². The van der Waals surface area contributed by atoms with Gasteiger partial charge in [-0.25, -0.2) is 4.98 Å². The Morgan fingerprint density at radius 2 is 2.00 bits per heavy atom. The van der Waals surface area contributed by atoms with Crippen LogP contribution < -0.4 is 0 Å². The first-order chi connectivity index (χ1) is 6.91. The molecular formula is C11H19N3S. The second-order valence-corrected chi connectivity index (χ2v) is 4.81. The van der Waals surface area contributed by atoms with Crippen molar-refractivity contribution in [2.75, 3.05) is 14.1 Å². The van der Waals surface area contributed by atoms with Crippen molar-refractivity contribution in [1.29, 1.82) is 0 Å². The SMILES string of the molecule is Cc1[nH]c(CN(C)C)nc(=S)c1C(C)C. The highest BCUT2D eigenvalue weighted by Gasteiger charge is 2.09. The van der Waals surface area contributed by atoms with Crippen LogP contribution in [-0.4, -0.2) is 29.0 Å². The van der Waals surface area contributed by atoms with Crippen molar-refractivity contribution in [2.45, 2.75) is 33.2 Å². The Bertz CT molecular complexity index is 393. The van der Waals surface area contributed by atoms with Crippen LogP contribution in [0.25, 0.3) is 0 Å². The Morgan fingerprint density at radius 1 is 1.40 bits per heavy atom. The molecule has 0 fully saturated rings. The van der Waals surface area contributed by atoms with Gasteiger partial charge >= 0.3 is 0 Å². The second-order valence-electron chi connectivity index (χ2n) is 4.42. The lowest BCUT2D eigenvalue weighted by Crippen LogP contribution is -2.15. The van der Waals surface area contributed by atoms with Crippen molar-refractivity contribution in [3.63, 3.8) is 0 Å². The first-order valence-corrected chi connectivity index (χ1v) is 5.57. The Balaban J connectivity index is 3.14. The van der Waals surface area contributed by atoms with E-state index in [-0.39, 0.29) is 0 Å². The Morgan fingerprint density at radius 3 is 2.40 bits per heavy atom. The largest absolute Gasteiger partial charge is 0.346 e. The summed E-state index contributed by atoms with van der Waals surface area (Å²) in [5.74, 6) is 1.36. The number of aryl methyl sites for hydroxylation is 1. The maximum absolute atomic E-state index is 5.31. The smallest absolute Gasteiger partial charge is 0.133 e. The number of nitrogens with zero attached hydrogens (tertiary/aromatic N) is 2. The molecule has 0 amide bonds. The van der Waals surface area contributed by atoms with Crippen molar-refractivity contribution in [3.05, 3.63) is 21.7 Å². The van der Waals surface area contributed by atoms with Gasteiger partial charge < -0.3 is 9.88 Å². The first kappa shape index (κ1) is 12.3. The molecule has 1 aromatic heterocycles. The molecule has 0 atom stereocenters. The van der Waals surface area contributed by atoms with E-state index in [0.717, 1.165) is 28.3 Å². The van der Waals surface area contributed by atoms with E-state index in [1.54, 1.807) is 0 Å². The van der Waals surface area contributed by atoms with Gasteiger partial charge in [0.2, 0.25) is 0 Å². The van der Waals surface area contributed by atoms with E-state index < -0.39 is 0 Å². The summed E-state index contributed by atoms with van der Waals surface area (Å²) in [7, 11) is 4.04. The monoisotopic (exact) mass is 225 g/mol. The summed E-state index contributed by atoms with van der Waals surface area (Å²) in [5.41, 5.74) is 2.30. The molecule has 1 rings (SSSR count). The Kier molecular flexibility index (Phi) is 3.99. The quantitative estimate of drug-likeness (QED) is 0.803. The maximum Gasteiger partial charge on any atom is 0.133 e. The molecule has 0 radical (unpaired) electrons. The molecule has 0 aliphatic rings. The third kappa shape index (κ3) is 3.11. The third-order valence-corrected chi connectivity index (χ3v) is 2.56. The number of nitrogens with one attached hydrogen (secondary N) is 1.